The maximum absolute atomic E-state index is 9.63. The third-order valence-corrected chi connectivity index (χ3v) is 2.53. The first-order valence-corrected chi connectivity index (χ1v) is 4.22. The van der Waals surface area contributed by atoms with Gasteiger partial charge in [0.1, 0.15) is 6.10 Å². The molecule has 0 saturated carbocycles. The maximum Gasteiger partial charge on any atom is 0.101 e. The van der Waals surface area contributed by atoms with Gasteiger partial charge in [-0.25, -0.2) is 0 Å². The predicted molar refractivity (Wildman–Crippen MR) is 48.7 cm³/mol. The summed E-state index contributed by atoms with van der Waals surface area (Å²) >= 11 is 0. The van der Waals surface area contributed by atoms with Crippen molar-refractivity contribution in [3.63, 3.8) is 0 Å². The predicted octanol–water partition coefficient (Wildman–Crippen LogP) is 1.25. The minimum atomic E-state index is -0.708. The Kier molecular flexibility index (Phi) is 2.70. The molecule has 0 radical (unpaired) electrons. The van der Waals surface area contributed by atoms with Crippen molar-refractivity contribution < 1.29 is 10.2 Å². The summed E-state index contributed by atoms with van der Waals surface area (Å²) in [5.74, 6) is 0.0173. The van der Waals surface area contributed by atoms with Crippen LogP contribution >= 0.6 is 0 Å². The number of aliphatic hydroxyl groups is 2. The SMILES string of the molecule is C=C(C)[C@H]1CC=C(C)[C@H](O)[C@@H]1O. The lowest BCUT2D eigenvalue weighted by Gasteiger charge is -2.31. The van der Waals surface area contributed by atoms with Crippen molar-refractivity contribution in [1.82, 2.24) is 0 Å². The normalized spacial score (nSPS) is 36.0. The molecule has 2 N–H and O–H groups in total. The van der Waals surface area contributed by atoms with Gasteiger partial charge in [0.25, 0.3) is 0 Å². The lowest BCUT2D eigenvalue weighted by molar-refractivity contribution is 0.00618. The molecule has 0 fully saturated rings. The van der Waals surface area contributed by atoms with E-state index in [9.17, 15) is 10.2 Å². The van der Waals surface area contributed by atoms with Crippen LogP contribution in [0.25, 0.3) is 0 Å². The molecule has 1 aliphatic carbocycles. The van der Waals surface area contributed by atoms with Gasteiger partial charge < -0.3 is 10.2 Å². The number of hydrogen-bond donors (Lipinski definition) is 2. The van der Waals surface area contributed by atoms with Gasteiger partial charge in [0.15, 0.2) is 0 Å². The maximum atomic E-state index is 9.63. The van der Waals surface area contributed by atoms with Crippen molar-refractivity contribution in [2.24, 2.45) is 5.92 Å². The van der Waals surface area contributed by atoms with E-state index >= 15 is 0 Å². The van der Waals surface area contributed by atoms with E-state index in [1.54, 1.807) is 0 Å². The van der Waals surface area contributed by atoms with Gasteiger partial charge in [-0.05, 0) is 25.8 Å². The molecule has 1 rings (SSSR count). The molecular weight excluding hydrogens is 152 g/mol. The van der Waals surface area contributed by atoms with E-state index < -0.39 is 12.2 Å². The van der Waals surface area contributed by atoms with Crippen LogP contribution in [0.5, 0.6) is 0 Å². The van der Waals surface area contributed by atoms with Gasteiger partial charge in [-0.2, -0.15) is 0 Å². The molecule has 2 heteroatoms. The molecule has 0 aromatic rings. The summed E-state index contributed by atoms with van der Waals surface area (Å²) in [5, 5.41) is 19.1. The van der Waals surface area contributed by atoms with Gasteiger partial charge in [0.05, 0.1) is 6.10 Å². The summed E-state index contributed by atoms with van der Waals surface area (Å²) in [7, 11) is 0. The number of rotatable bonds is 1. The zero-order chi connectivity index (χ0) is 9.30. The zero-order valence-electron chi connectivity index (χ0n) is 7.62. The van der Waals surface area contributed by atoms with Gasteiger partial charge in [0, 0.05) is 5.92 Å². The molecule has 0 heterocycles. The average Bonchev–Trinajstić information content (AvgIpc) is 2.00. The third-order valence-electron chi connectivity index (χ3n) is 2.53. The Morgan fingerprint density at radius 1 is 1.58 bits per heavy atom. The van der Waals surface area contributed by atoms with Crippen LogP contribution in [0.4, 0.5) is 0 Å². The smallest absolute Gasteiger partial charge is 0.101 e. The van der Waals surface area contributed by atoms with Crippen molar-refractivity contribution in [2.45, 2.75) is 32.5 Å². The molecule has 1 aliphatic rings. The molecule has 0 bridgehead atoms. The summed E-state index contributed by atoms with van der Waals surface area (Å²) in [6.45, 7) is 7.51. The Labute approximate surface area is 73.2 Å². The minimum absolute atomic E-state index is 0.0173. The molecule has 0 aliphatic heterocycles. The van der Waals surface area contributed by atoms with Crippen LogP contribution in [-0.2, 0) is 0 Å². The van der Waals surface area contributed by atoms with E-state index in [2.05, 4.69) is 6.58 Å². The topological polar surface area (TPSA) is 40.5 Å². The summed E-state index contributed by atoms with van der Waals surface area (Å²) in [4.78, 5) is 0. The molecule has 68 valence electrons. The molecule has 12 heavy (non-hydrogen) atoms. The zero-order valence-corrected chi connectivity index (χ0v) is 7.62. The van der Waals surface area contributed by atoms with Crippen LogP contribution in [0.2, 0.25) is 0 Å². The van der Waals surface area contributed by atoms with Crippen LogP contribution in [0, 0.1) is 5.92 Å². The van der Waals surface area contributed by atoms with Crippen LogP contribution < -0.4 is 0 Å². The van der Waals surface area contributed by atoms with Crippen LogP contribution in [0.1, 0.15) is 20.3 Å². The first-order chi connectivity index (χ1) is 5.54. The van der Waals surface area contributed by atoms with Crippen molar-refractivity contribution in [3.05, 3.63) is 23.8 Å². The summed E-state index contributed by atoms with van der Waals surface area (Å²) in [5.41, 5.74) is 1.80. The minimum Gasteiger partial charge on any atom is -0.389 e. The Morgan fingerprint density at radius 2 is 2.17 bits per heavy atom. The van der Waals surface area contributed by atoms with Crippen LogP contribution in [-0.4, -0.2) is 22.4 Å². The Bertz CT molecular complexity index is 218. The highest BCUT2D eigenvalue weighted by molar-refractivity contribution is 5.18. The van der Waals surface area contributed by atoms with E-state index in [0.29, 0.717) is 0 Å². The summed E-state index contributed by atoms with van der Waals surface area (Å²) in [6, 6.07) is 0. The van der Waals surface area contributed by atoms with E-state index in [4.69, 9.17) is 0 Å². The standard InChI is InChI=1S/C10H16O2/c1-6(2)8-5-4-7(3)9(11)10(8)12/h4,8-12H,1,5H2,2-3H3/t8-,9+,10-/m1/s1. The molecule has 0 aromatic heterocycles. The van der Waals surface area contributed by atoms with Crippen LogP contribution in [0.15, 0.2) is 23.8 Å². The highest BCUT2D eigenvalue weighted by atomic mass is 16.3. The first-order valence-electron chi connectivity index (χ1n) is 4.22. The quantitative estimate of drug-likeness (QED) is 0.578. The van der Waals surface area contributed by atoms with E-state index in [-0.39, 0.29) is 5.92 Å². The van der Waals surface area contributed by atoms with Gasteiger partial charge in [-0.3, -0.25) is 0 Å². The fourth-order valence-corrected chi connectivity index (χ4v) is 1.56. The summed E-state index contributed by atoms with van der Waals surface area (Å²) in [6.07, 6.45) is 1.38. The largest absolute Gasteiger partial charge is 0.389 e. The molecule has 0 unspecified atom stereocenters. The molecule has 0 spiro atoms. The fourth-order valence-electron chi connectivity index (χ4n) is 1.56. The molecule has 3 atom stereocenters. The van der Waals surface area contributed by atoms with Gasteiger partial charge >= 0.3 is 0 Å². The average molecular weight is 168 g/mol. The Balaban J connectivity index is 2.80. The van der Waals surface area contributed by atoms with Gasteiger partial charge in [0.2, 0.25) is 0 Å². The molecule has 0 aromatic carbocycles. The molecule has 2 nitrogen and oxygen atoms in total. The number of allylic oxidation sites excluding steroid dienone is 1. The number of aliphatic hydroxyl groups excluding tert-OH is 2. The van der Waals surface area contributed by atoms with E-state index in [0.717, 1.165) is 17.6 Å². The van der Waals surface area contributed by atoms with E-state index in [1.807, 2.05) is 19.9 Å². The van der Waals surface area contributed by atoms with E-state index in [1.165, 1.54) is 0 Å². The molecular formula is C10H16O2. The Hall–Kier alpha value is -0.600. The highest BCUT2D eigenvalue weighted by Crippen LogP contribution is 2.28. The monoisotopic (exact) mass is 168 g/mol. The Morgan fingerprint density at radius 3 is 2.67 bits per heavy atom. The third kappa shape index (κ3) is 1.59. The number of hydrogen-bond acceptors (Lipinski definition) is 2. The van der Waals surface area contributed by atoms with Crippen molar-refractivity contribution in [2.75, 3.05) is 0 Å². The highest BCUT2D eigenvalue weighted by Gasteiger charge is 2.30. The van der Waals surface area contributed by atoms with Gasteiger partial charge in [-0.1, -0.05) is 18.2 Å². The van der Waals surface area contributed by atoms with Gasteiger partial charge in [-0.15, -0.1) is 0 Å². The second-order valence-electron chi connectivity index (χ2n) is 3.57. The second kappa shape index (κ2) is 3.42. The lowest BCUT2D eigenvalue weighted by Crippen LogP contribution is -2.37. The van der Waals surface area contributed by atoms with Crippen molar-refractivity contribution >= 4 is 0 Å². The summed E-state index contributed by atoms with van der Waals surface area (Å²) < 4.78 is 0. The second-order valence-corrected chi connectivity index (χ2v) is 3.57. The van der Waals surface area contributed by atoms with Crippen molar-refractivity contribution in [1.29, 1.82) is 0 Å². The van der Waals surface area contributed by atoms with Crippen LogP contribution in [0.3, 0.4) is 0 Å². The molecule has 0 saturated heterocycles. The fraction of sp³-hybridized carbons (Fsp3) is 0.600. The molecule has 0 amide bonds. The lowest BCUT2D eigenvalue weighted by atomic mass is 9.82. The first kappa shape index (κ1) is 9.49. The van der Waals surface area contributed by atoms with Crippen molar-refractivity contribution in [3.8, 4) is 0 Å².